The second-order valence-electron chi connectivity index (χ2n) is 8.88. The molecule has 2 aromatic rings. The van der Waals surface area contributed by atoms with Gasteiger partial charge >= 0.3 is 26.2 Å². The Kier molecular flexibility index (Phi) is 10.0. The molecule has 0 atom stereocenters. The van der Waals surface area contributed by atoms with E-state index < -0.39 is 0 Å². The first-order valence-corrected chi connectivity index (χ1v) is 9.85. The number of benzene rings is 2. The molecule has 0 saturated heterocycles. The van der Waals surface area contributed by atoms with Crippen molar-refractivity contribution in [3.8, 4) is 11.5 Å². The van der Waals surface area contributed by atoms with Gasteiger partial charge in [-0.15, -0.1) is 0 Å². The molecule has 0 aliphatic carbocycles. The van der Waals surface area contributed by atoms with Crippen molar-refractivity contribution in [2.24, 2.45) is 0 Å². The molecule has 0 aliphatic rings. The molecule has 2 radical (unpaired) electrons. The molecule has 28 heavy (non-hydrogen) atoms. The van der Waals surface area contributed by atoms with Crippen molar-refractivity contribution < 1.29 is 15.3 Å². The zero-order chi connectivity index (χ0) is 21.2. The molecule has 2 rings (SSSR count). The molecular weight excluding hydrogens is 565 g/mol. The minimum Gasteiger partial charge on any atom is -0.871 e. The van der Waals surface area contributed by atoms with Crippen LogP contribution in [0.2, 0.25) is 0 Å². The van der Waals surface area contributed by atoms with Crippen LogP contribution in [0.5, 0.6) is 11.5 Å². The Bertz CT molecular complexity index is 735. The number of hydrogen-bond donors (Lipinski definition) is 0. The molecule has 5 heteroatoms. The van der Waals surface area contributed by atoms with E-state index in [1.54, 1.807) is 0 Å². The second-order valence-corrected chi connectivity index (χ2v) is 9.97. The molecular formula is C23H31BiO3S. The molecule has 152 valence electrons. The third-order valence-electron chi connectivity index (χ3n) is 4.23. The van der Waals surface area contributed by atoms with Crippen molar-refractivity contribution >= 4 is 38.0 Å². The summed E-state index contributed by atoms with van der Waals surface area (Å²) in [5.41, 5.74) is 3.24. The fraction of sp³-hybridized carbons (Fsp3) is 0.478. The fourth-order valence-corrected chi connectivity index (χ4v) is 4.00. The molecule has 2 aromatic carbocycles. The maximum atomic E-state index is 12.9. The summed E-state index contributed by atoms with van der Waals surface area (Å²) in [7, 11) is 0.750. The molecule has 0 aliphatic heterocycles. The number of aryl methyl sites for hydroxylation is 2. The van der Waals surface area contributed by atoms with Crippen LogP contribution in [-0.4, -0.2) is 33.3 Å². The van der Waals surface area contributed by atoms with E-state index in [0.29, 0.717) is 9.79 Å². The van der Waals surface area contributed by atoms with Crippen LogP contribution in [0.25, 0.3) is 0 Å². The quantitative estimate of drug-likeness (QED) is 0.495. The summed E-state index contributed by atoms with van der Waals surface area (Å²) in [4.78, 5) is 1.26. The predicted molar refractivity (Wildman–Crippen MR) is 114 cm³/mol. The molecule has 0 N–H and O–H groups in total. The Balaban J connectivity index is 0.00000235. The number of rotatable bonds is 2. The molecule has 0 spiro atoms. The van der Waals surface area contributed by atoms with Crippen LogP contribution in [0.1, 0.15) is 63.8 Å². The van der Waals surface area contributed by atoms with E-state index in [-0.39, 0.29) is 48.5 Å². The van der Waals surface area contributed by atoms with Gasteiger partial charge in [0.2, 0.25) is 0 Å². The molecule has 0 amide bonds. The van der Waals surface area contributed by atoms with E-state index >= 15 is 0 Å². The molecule has 0 unspecified atom stereocenters. The first-order valence-electron chi connectivity index (χ1n) is 9.03. The summed E-state index contributed by atoms with van der Waals surface area (Å²) in [5, 5.41) is 34.1. The summed E-state index contributed by atoms with van der Waals surface area (Å²) in [6.07, 6.45) is 0. The van der Waals surface area contributed by atoms with Gasteiger partial charge in [-0.25, -0.2) is 0 Å². The van der Waals surface area contributed by atoms with Gasteiger partial charge in [-0.2, -0.15) is 7.11 Å². The van der Waals surface area contributed by atoms with Crippen molar-refractivity contribution in [3.63, 3.8) is 0 Å². The van der Waals surface area contributed by atoms with Crippen LogP contribution in [0.15, 0.2) is 34.1 Å². The van der Waals surface area contributed by atoms with Gasteiger partial charge < -0.3 is 15.3 Å². The largest absolute Gasteiger partial charge is 3.00 e. The van der Waals surface area contributed by atoms with Crippen LogP contribution < -0.4 is 15.3 Å². The van der Waals surface area contributed by atoms with Crippen LogP contribution in [0.3, 0.4) is 0 Å². The molecule has 0 saturated carbocycles. The summed E-state index contributed by atoms with van der Waals surface area (Å²) in [6, 6.07) is 7.70. The Hall–Kier alpha value is -0.767. The van der Waals surface area contributed by atoms with Gasteiger partial charge in [0, 0.05) is 9.79 Å². The average molecular weight is 597 g/mol. The van der Waals surface area contributed by atoms with E-state index in [4.69, 9.17) is 5.11 Å². The summed E-state index contributed by atoms with van der Waals surface area (Å²) < 4.78 is 0. The molecule has 3 nitrogen and oxygen atoms in total. The second kappa shape index (κ2) is 10.3. The topological polar surface area (TPSA) is 69.2 Å². The monoisotopic (exact) mass is 596 g/mol. The number of hydrogen-bond acceptors (Lipinski definition) is 4. The predicted octanol–water partition coefficient (Wildman–Crippen LogP) is 3.79. The molecule has 0 bridgehead atoms. The summed E-state index contributed by atoms with van der Waals surface area (Å²) in [6.45, 7) is 16.2. The van der Waals surface area contributed by atoms with E-state index in [1.165, 1.54) is 11.8 Å². The Morgan fingerprint density at radius 1 is 0.643 bits per heavy atom. The van der Waals surface area contributed by atoms with Crippen LogP contribution in [0, 0.1) is 13.8 Å². The van der Waals surface area contributed by atoms with Crippen LogP contribution >= 0.6 is 11.8 Å². The van der Waals surface area contributed by atoms with Gasteiger partial charge in [0.25, 0.3) is 0 Å². The van der Waals surface area contributed by atoms with Crippen molar-refractivity contribution in [1.82, 2.24) is 0 Å². The van der Waals surface area contributed by atoms with E-state index in [0.717, 1.165) is 29.4 Å². The normalized spacial score (nSPS) is 11.4. The zero-order valence-corrected chi connectivity index (χ0v) is 22.7. The first kappa shape index (κ1) is 27.2. The van der Waals surface area contributed by atoms with Crippen LogP contribution in [-0.2, 0) is 10.8 Å². The minimum atomic E-state index is -0.220. The van der Waals surface area contributed by atoms with Crippen molar-refractivity contribution in [1.29, 1.82) is 0 Å². The van der Waals surface area contributed by atoms with Crippen molar-refractivity contribution in [2.45, 2.75) is 76.0 Å². The van der Waals surface area contributed by atoms with Gasteiger partial charge in [0.15, 0.2) is 0 Å². The van der Waals surface area contributed by atoms with Gasteiger partial charge in [-0.1, -0.05) is 76.9 Å². The van der Waals surface area contributed by atoms with E-state index in [9.17, 15) is 10.2 Å². The smallest absolute Gasteiger partial charge is 0.871 e. The maximum absolute atomic E-state index is 12.9. The zero-order valence-electron chi connectivity index (χ0n) is 18.4. The van der Waals surface area contributed by atoms with Crippen molar-refractivity contribution in [3.05, 3.63) is 46.5 Å². The fourth-order valence-electron chi connectivity index (χ4n) is 2.86. The molecule has 0 heterocycles. The van der Waals surface area contributed by atoms with Gasteiger partial charge in [0.1, 0.15) is 0 Å². The molecule has 0 aromatic heterocycles. The van der Waals surface area contributed by atoms with Crippen LogP contribution in [0.4, 0.5) is 0 Å². The molecule has 0 fully saturated rings. The van der Waals surface area contributed by atoms with Gasteiger partial charge in [-0.3, -0.25) is 0 Å². The van der Waals surface area contributed by atoms with Gasteiger partial charge in [0.05, 0.1) is 0 Å². The minimum absolute atomic E-state index is 0. The Labute approximate surface area is 193 Å². The van der Waals surface area contributed by atoms with E-state index in [2.05, 4.69) is 0 Å². The summed E-state index contributed by atoms with van der Waals surface area (Å²) >= 11 is 1.30. The third-order valence-corrected chi connectivity index (χ3v) is 5.28. The standard InChI is InChI=1S/C22H30O2S.CH3O.Bi/c1-13-9-15(21(3,4)5)19(23)17(11-13)25-18-12-14(2)10-16(20(18)24)22(6,7)8;1-2;/h9-12,23-24H,1-8H3;1H3;/q;-1;+3/p-2. The van der Waals surface area contributed by atoms with Crippen molar-refractivity contribution in [2.75, 3.05) is 7.11 Å². The van der Waals surface area contributed by atoms with Gasteiger partial charge in [-0.05, 0) is 59.1 Å². The first-order chi connectivity index (χ1) is 12.3. The average Bonchev–Trinajstić information content (AvgIpc) is 2.53. The Morgan fingerprint density at radius 2 is 0.929 bits per heavy atom. The third kappa shape index (κ3) is 6.64. The Morgan fingerprint density at radius 3 is 1.18 bits per heavy atom. The van der Waals surface area contributed by atoms with E-state index in [1.807, 2.05) is 79.7 Å². The maximum Gasteiger partial charge on any atom is 3.00 e. The SMILES string of the molecule is C[O-].Cc1cc(Sc2cc(C)cc(C(C)(C)C)c2[O-])c([O-])c(C(C)(C)C)c1.[Bi+3]. The summed E-state index contributed by atoms with van der Waals surface area (Å²) in [5.74, 6) is 0.0580.